The van der Waals surface area contributed by atoms with Gasteiger partial charge in [-0.05, 0) is 18.6 Å². The molecule has 14 heavy (non-hydrogen) atoms. The van der Waals surface area contributed by atoms with Crippen molar-refractivity contribution in [2.24, 2.45) is 0 Å². The zero-order valence-corrected chi connectivity index (χ0v) is 10.8. The lowest BCUT2D eigenvalue weighted by Crippen LogP contribution is -2.42. The minimum Gasteiger partial charge on any atom is -0.473 e. The fourth-order valence-electron chi connectivity index (χ4n) is 0.806. The van der Waals surface area contributed by atoms with Gasteiger partial charge in [0.25, 0.3) is 5.97 Å². The summed E-state index contributed by atoms with van der Waals surface area (Å²) in [5, 5.41) is 0. The Bertz CT molecular complexity index is 173. The first kappa shape index (κ1) is 14.0. The molecule has 6 heteroatoms. The lowest BCUT2D eigenvalue weighted by Gasteiger charge is -2.21. The van der Waals surface area contributed by atoms with E-state index in [0.29, 0.717) is 6.42 Å². The summed E-state index contributed by atoms with van der Waals surface area (Å²) in [5.74, 6) is 0.529. The molecule has 0 fully saturated rings. The van der Waals surface area contributed by atoms with E-state index in [-0.39, 0.29) is 5.97 Å². The van der Waals surface area contributed by atoms with Crippen LogP contribution in [0.15, 0.2) is 0 Å². The maximum atomic E-state index is 11.3. The molecule has 0 bridgehead atoms. The molecule has 0 heterocycles. The summed E-state index contributed by atoms with van der Waals surface area (Å²) in [5.41, 5.74) is 0. The molecule has 0 radical (unpaired) electrons. The van der Waals surface area contributed by atoms with Crippen LogP contribution < -0.4 is 0 Å². The van der Waals surface area contributed by atoms with Gasteiger partial charge in [0.15, 0.2) is 0 Å². The van der Waals surface area contributed by atoms with E-state index in [0.717, 1.165) is 18.6 Å². The van der Waals surface area contributed by atoms with Crippen molar-refractivity contribution in [3.8, 4) is 0 Å². The fourth-order valence-corrected chi connectivity index (χ4v) is 1.88. The van der Waals surface area contributed by atoms with E-state index in [1.165, 1.54) is 14.2 Å². The summed E-state index contributed by atoms with van der Waals surface area (Å²) in [6.45, 7) is 1.68. The van der Waals surface area contributed by atoms with Crippen molar-refractivity contribution < 1.29 is 18.1 Å². The number of rotatable bonds is 7. The largest absolute Gasteiger partial charge is 0.564 e. The van der Waals surface area contributed by atoms with Crippen molar-refractivity contribution >= 4 is 27.4 Å². The number of carbonyl (C=O) groups excluding carboxylic acids is 1. The monoisotopic (exact) mass is 238 g/mol. The van der Waals surface area contributed by atoms with Crippen molar-refractivity contribution in [3.63, 3.8) is 0 Å². The first-order valence-electron chi connectivity index (χ1n) is 4.51. The van der Waals surface area contributed by atoms with Gasteiger partial charge in [0.2, 0.25) is 0 Å². The number of carbonyl (C=O) groups is 1. The number of hydrogen-bond donors (Lipinski definition) is 1. The smallest absolute Gasteiger partial charge is 0.473 e. The van der Waals surface area contributed by atoms with Crippen molar-refractivity contribution in [1.82, 2.24) is 0 Å². The highest BCUT2D eigenvalue weighted by atomic mass is 32.1. The normalized spacial score (nSPS) is 11.4. The molecule has 0 saturated heterocycles. The molecule has 4 nitrogen and oxygen atoms in total. The SMILES string of the molecule is CO[Si](C)(OC)OC(=O)CCCCS. The highest BCUT2D eigenvalue weighted by Crippen LogP contribution is 2.09. The molecule has 0 aliphatic carbocycles. The fraction of sp³-hybridized carbons (Fsp3) is 0.875. The molecule has 0 saturated carbocycles. The Balaban J connectivity index is 3.80. The average Bonchev–Trinajstić information content (AvgIpc) is 2.18. The molecule has 0 aromatic carbocycles. The van der Waals surface area contributed by atoms with E-state index >= 15 is 0 Å². The molecule has 0 N–H and O–H groups in total. The van der Waals surface area contributed by atoms with Gasteiger partial charge < -0.3 is 13.3 Å². The van der Waals surface area contributed by atoms with Crippen LogP contribution >= 0.6 is 12.6 Å². The van der Waals surface area contributed by atoms with E-state index in [2.05, 4.69) is 12.6 Å². The molecule has 0 aliphatic heterocycles. The quantitative estimate of drug-likeness (QED) is 0.415. The van der Waals surface area contributed by atoms with Gasteiger partial charge in [0.1, 0.15) is 0 Å². The topological polar surface area (TPSA) is 44.8 Å². The van der Waals surface area contributed by atoms with Gasteiger partial charge in [-0.25, -0.2) is 0 Å². The van der Waals surface area contributed by atoms with Crippen LogP contribution in [0.3, 0.4) is 0 Å². The molecule has 0 spiro atoms. The van der Waals surface area contributed by atoms with Crippen LogP contribution in [0.1, 0.15) is 19.3 Å². The minimum atomic E-state index is -2.69. The number of hydrogen-bond acceptors (Lipinski definition) is 5. The van der Waals surface area contributed by atoms with Crippen molar-refractivity contribution in [2.75, 3.05) is 20.0 Å². The van der Waals surface area contributed by atoms with Crippen LogP contribution in [0.2, 0.25) is 6.55 Å². The van der Waals surface area contributed by atoms with Crippen molar-refractivity contribution in [2.45, 2.75) is 25.8 Å². The molecule has 0 aromatic rings. The molecule has 84 valence electrons. The molecule has 0 unspecified atom stereocenters. The third-order valence-electron chi connectivity index (χ3n) is 1.83. The van der Waals surface area contributed by atoms with Gasteiger partial charge in [-0.15, -0.1) is 0 Å². The summed E-state index contributed by atoms with van der Waals surface area (Å²) < 4.78 is 15.2. The molecule has 0 rings (SSSR count). The third-order valence-corrected chi connectivity index (χ3v) is 4.23. The summed E-state index contributed by atoms with van der Waals surface area (Å²) in [4.78, 5) is 11.3. The minimum absolute atomic E-state index is 0.260. The lowest BCUT2D eigenvalue weighted by molar-refractivity contribution is -0.138. The Kier molecular flexibility index (Phi) is 7.25. The summed E-state index contributed by atoms with van der Waals surface area (Å²) in [6, 6.07) is 0. The predicted molar refractivity (Wildman–Crippen MR) is 59.4 cm³/mol. The van der Waals surface area contributed by atoms with Gasteiger partial charge in [-0.3, -0.25) is 4.79 Å². The zero-order valence-electron chi connectivity index (χ0n) is 8.91. The van der Waals surface area contributed by atoms with Crippen LogP contribution in [-0.2, 0) is 18.1 Å². The maximum Gasteiger partial charge on any atom is 0.564 e. The second kappa shape index (κ2) is 7.28. The summed E-state index contributed by atoms with van der Waals surface area (Å²) >= 11 is 4.05. The molecular formula is C8H18O4SSi. The Morgan fingerprint density at radius 2 is 1.86 bits per heavy atom. The molecule has 0 amide bonds. The van der Waals surface area contributed by atoms with Gasteiger partial charge >= 0.3 is 8.80 Å². The van der Waals surface area contributed by atoms with Gasteiger partial charge in [0, 0.05) is 27.2 Å². The van der Waals surface area contributed by atoms with Gasteiger partial charge in [-0.2, -0.15) is 12.6 Å². The molecular weight excluding hydrogens is 220 g/mol. The van der Waals surface area contributed by atoms with Crippen molar-refractivity contribution in [3.05, 3.63) is 0 Å². The first-order valence-corrected chi connectivity index (χ1v) is 7.36. The summed E-state index contributed by atoms with van der Waals surface area (Å²) in [7, 11) is 0.276. The Labute approximate surface area is 91.7 Å². The van der Waals surface area contributed by atoms with Gasteiger partial charge in [-0.1, -0.05) is 0 Å². The van der Waals surface area contributed by atoms with Crippen LogP contribution in [0.25, 0.3) is 0 Å². The zero-order chi connectivity index (χ0) is 11.0. The van der Waals surface area contributed by atoms with E-state index in [1.54, 1.807) is 6.55 Å². The van der Waals surface area contributed by atoms with E-state index < -0.39 is 8.80 Å². The van der Waals surface area contributed by atoms with E-state index in [1.807, 2.05) is 0 Å². The second-order valence-corrected chi connectivity index (χ2v) is 6.12. The molecule has 0 atom stereocenters. The Hall–Kier alpha value is -0.0431. The van der Waals surface area contributed by atoms with E-state index in [4.69, 9.17) is 13.3 Å². The van der Waals surface area contributed by atoms with Gasteiger partial charge in [0.05, 0.1) is 0 Å². The van der Waals surface area contributed by atoms with E-state index in [9.17, 15) is 4.79 Å². The highest BCUT2D eigenvalue weighted by Gasteiger charge is 2.36. The van der Waals surface area contributed by atoms with Crippen LogP contribution in [-0.4, -0.2) is 34.7 Å². The van der Waals surface area contributed by atoms with Crippen molar-refractivity contribution in [1.29, 1.82) is 0 Å². The first-order chi connectivity index (χ1) is 6.58. The standard InChI is InChI=1S/C8H18O4SSi/c1-10-14(3,11-2)12-8(9)6-4-5-7-13/h13H,4-7H2,1-3H3. The molecule has 0 aliphatic rings. The maximum absolute atomic E-state index is 11.3. The average molecular weight is 238 g/mol. The third kappa shape index (κ3) is 5.64. The predicted octanol–water partition coefficient (Wildman–Crippen LogP) is 1.49. The van der Waals surface area contributed by atoms with Crippen LogP contribution in [0, 0.1) is 0 Å². The highest BCUT2D eigenvalue weighted by molar-refractivity contribution is 7.80. The Morgan fingerprint density at radius 3 is 2.29 bits per heavy atom. The number of thiol groups is 1. The van der Waals surface area contributed by atoms with Crippen LogP contribution in [0.4, 0.5) is 0 Å². The number of unbranched alkanes of at least 4 members (excludes halogenated alkanes) is 1. The second-order valence-electron chi connectivity index (χ2n) is 2.93. The van der Waals surface area contributed by atoms with Crippen LogP contribution in [0.5, 0.6) is 0 Å². The molecule has 0 aromatic heterocycles. The lowest BCUT2D eigenvalue weighted by atomic mass is 10.3. The Morgan fingerprint density at radius 1 is 1.29 bits per heavy atom. The summed E-state index contributed by atoms with van der Waals surface area (Å²) in [6.07, 6.45) is 2.10.